The van der Waals surface area contributed by atoms with Gasteiger partial charge in [0.2, 0.25) is 0 Å². The molecular formula is C12H6B6. The number of fused-ring (bicyclic) bond motifs is 2. The summed E-state index contributed by atoms with van der Waals surface area (Å²) in [5.41, 5.74) is 2.85. The van der Waals surface area contributed by atoms with E-state index in [2.05, 4.69) is 20.3 Å². The van der Waals surface area contributed by atoms with Gasteiger partial charge in [-0.1, -0.05) is 0 Å². The fourth-order valence-electron chi connectivity index (χ4n) is 2.57. The first-order chi connectivity index (χ1) is 8.56. The summed E-state index contributed by atoms with van der Waals surface area (Å²) in [6.07, 6.45) is 6.06. The van der Waals surface area contributed by atoms with Crippen LogP contribution < -0.4 is 16.4 Å². The first kappa shape index (κ1) is 12.1. The molecule has 1 aliphatic carbocycles. The summed E-state index contributed by atoms with van der Waals surface area (Å²) in [5, 5.41) is 1.50. The van der Waals surface area contributed by atoms with Crippen molar-refractivity contribution < 1.29 is 0 Å². The monoisotopic (exact) mass is 216 g/mol. The molecule has 1 heterocycles. The van der Waals surface area contributed by atoms with E-state index in [1.807, 2.05) is 18.2 Å². The van der Waals surface area contributed by atoms with Gasteiger partial charge in [0.15, 0.2) is 0 Å². The second-order valence-electron chi connectivity index (χ2n) is 4.81. The van der Waals surface area contributed by atoms with Crippen molar-refractivity contribution in [2.45, 2.75) is 11.6 Å². The quantitative estimate of drug-likeness (QED) is 0.447. The predicted molar refractivity (Wildman–Crippen MR) is 82.3 cm³/mol. The first-order valence-electron chi connectivity index (χ1n) is 5.89. The van der Waals surface area contributed by atoms with Gasteiger partial charge in [0.25, 0.3) is 0 Å². The van der Waals surface area contributed by atoms with Crippen LogP contribution >= 0.6 is 0 Å². The molecule has 2 unspecified atom stereocenters. The first-order valence-corrected chi connectivity index (χ1v) is 5.89. The Hall–Kier alpha value is -0.910. The Morgan fingerprint density at radius 1 is 1.06 bits per heavy atom. The van der Waals surface area contributed by atoms with Gasteiger partial charge in [0.1, 0.15) is 0 Å². The minimum atomic E-state index is 0.268. The van der Waals surface area contributed by atoms with E-state index in [-0.39, 0.29) is 11.6 Å². The van der Waals surface area contributed by atoms with Crippen LogP contribution in [0.15, 0.2) is 29.8 Å². The van der Waals surface area contributed by atoms with Crippen LogP contribution in [0.3, 0.4) is 0 Å². The summed E-state index contributed by atoms with van der Waals surface area (Å²) >= 11 is 0. The van der Waals surface area contributed by atoms with Crippen LogP contribution in [-0.4, -0.2) is 45.2 Å². The van der Waals surface area contributed by atoms with E-state index >= 15 is 0 Å². The number of hydrogen-bond donors (Lipinski definition) is 0. The molecule has 2 atom stereocenters. The molecule has 1 aliphatic heterocycles. The molecule has 0 saturated carbocycles. The van der Waals surface area contributed by atoms with Crippen LogP contribution in [0.4, 0.5) is 0 Å². The van der Waals surface area contributed by atoms with Crippen molar-refractivity contribution in [1.82, 2.24) is 0 Å². The van der Waals surface area contributed by atoms with Gasteiger partial charge in [0, 0.05) is 0 Å². The van der Waals surface area contributed by atoms with Crippen LogP contribution in [0.2, 0.25) is 11.6 Å². The fourth-order valence-corrected chi connectivity index (χ4v) is 2.57. The van der Waals surface area contributed by atoms with Gasteiger partial charge in [-0.25, -0.2) is 0 Å². The molecule has 1 aromatic rings. The Kier molecular flexibility index (Phi) is 2.92. The molecule has 0 N–H and O–H groups in total. The molecule has 0 nitrogen and oxygen atoms in total. The van der Waals surface area contributed by atoms with E-state index in [9.17, 15) is 0 Å². The van der Waals surface area contributed by atoms with E-state index in [1.165, 1.54) is 0 Å². The third kappa shape index (κ3) is 1.86. The van der Waals surface area contributed by atoms with Gasteiger partial charge in [0.05, 0.1) is 0 Å². The Labute approximate surface area is 113 Å². The second kappa shape index (κ2) is 4.33. The van der Waals surface area contributed by atoms with Crippen molar-refractivity contribution in [3.63, 3.8) is 0 Å². The van der Waals surface area contributed by atoms with Crippen molar-refractivity contribution in [1.29, 1.82) is 0 Å². The average Bonchev–Trinajstić information content (AvgIpc) is 2.34. The third-order valence-electron chi connectivity index (χ3n) is 3.58. The maximum atomic E-state index is 6.03. The summed E-state index contributed by atoms with van der Waals surface area (Å²) in [5.74, 6) is 0.556. The fraction of sp³-hybridized carbons (Fsp3) is 0.167. The molecule has 0 saturated heterocycles. The molecule has 0 bridgehead atoms. The molecule has 6 heteroatoms. The summed E-state index contributed by atoms with van der Waals surface area (Å²) in [7, 11) is 25.7. The Balaban J connectivity index is 2.21. The Bertz CT molecular complexity index is 687. The van der Waals surface area contributed by atoms with Crippen molar-refractivity contribution in [2.24, 2.45) is 0 Å². The van der Waals surface area contributed by atoms with E-state index in [4.69, 9.17) is 31.0 Å². The van der Waals surface area contributed by atoms with E-state index in [0.29, 0.717) is 16.0 Å². The van der Waals surface area contributed by atoms with Crippen LogP contribution in [0.25, 0.3) is 0 Å². The zero-order valence-electron chi connectivity index (χ0n) is 9.93. The molecule has 2 aliphatic rings. The molecule has 18 heavy (non-hydrogen) atoms. The van der Waals surface area contributed by atoms with E-state index in [1.54, 1.807) is 0 Å². The molecule has 3 rings (SSSR count). The second-order valence-corrected chi connectivity index (χ2v) is 4.81. The summed E-state index contributed by atoms with van der Waals surface area (Å²) in [4.78, 5) is 0. The van der Waals surface area contributed by atoms with Crippen LogP contribution in [0.1, 0.15) is 0 Å². The molecule has 1 aromatic carbocycles. The number of benzene rings is 1. The average molecular weight is 215 g/mol. The SMILES string of the molecule is [B]C1=CC2[B]c3cc(=[B])c([B])c([B])c3=BC2C=C1. The molecule has 0 spiro atoms. The van der Waals surface area contributed by atoms with Gasteiger partial charge >= 0.3 is 113 Å². The molecule has 0 fully saturated rings. The molecular weight excluding hydrogens is 209 g/mol. The normalized spacial score (nSPS) is 23.8. The molecule has 0 aromatic heterocycles. The van der Waals surface area contributed by atoms with Gasteiger partial charge in [-0.05, 0) is 0 Å². The number of rotatable bonds is 0. The zero-order valence-corrected chi connectivity index (χ0v) is 9.93. The van der Waals surface area contributed by atoms with Gasteiger partial charge < -0.3 is 0 Å². The predicted octanol–water partition coefficient (Wildman–Crippen LogP) is -1.81. The van der Waals surface area contributed by atoms with Gasteiger partial charge in [-0.3, -0.25) is 0 Å². The minimum absolute atomic E-state index is 0.268. The summed E-state index contributed by atoms with van der Waals surface area (Å²) in [6, 6.07) is 1.87. The van der Waals surface area contributed by atoms with Crippen LogP contribution in [0.5, 0.6) is 0 Å². The Morgan fingerprint density at radius 2 is 1.83 bits per heavy atom. The van der Waals surface area contributed by atoms with Gasteiger partial charge in [-0.15, -0.1) is 0 Å². The topological polar surface area (TPSA) is 0 Å². The van der Waals surface area contributed by atoms with Crippen molar-refractivity contribution >= 4 is 61.6 Å². The molecule has 8 radical (unpaired) electrons. The van der Waals surface area contributed by atoms with Crippen molar-refractivity contribution in [2.75, 3.05) is 0 Å². The van der Waals surface area contributed by atoms with E-state index in [0.717, 1.165) is 16.0 Å². The van der Waals surface area contributed by atoms with Crippen LogP contribution in [-0.2, 0) is 0 Å². The maximum absolute atomic E-state index is 6.03. The van der Waals surface area contributed by atoms with Crippen LogP contribution in [0, 0.1) is 10.2 Å². The van der Waals surface area contributed by atoms with Gasteiger partial charge in [-0.2, -0.15) is 0 Å². The van der Waals surface area contributed by atoms with E-state index < -0.39 is 0 Å². The number of hydrogen-bond acceptors (Lipinski definition) is 0. The molecule has 0 amide bonds. The number of allylic oxidation sites excluding steroid dienone is 4. The Morgan fingerprint density at radius 3 is 2.61 bits per heavy atom. The summed E-state index contributed by atoms with van der Waals surface area (Å²) < 4.78 is 0. The standard InChI is InChI=1S/C12H6B6/c13-5-1-2-7-8(3-5)17-9-4-6(14)10(15)11(16)12(9)18-7/h1-4,7-8H. The zero-order chi connectivity index (χ0) is 12.9. The molecule has 72 valence electrons. The third-order valence-corrected chi connectivity index (χ3v) is 3.58. The van der Waals surface area contributed by atoms with Crippen molar-refractivity contribution in [3.05, 3.63) is 40.0 Å². The summed E-state index contributed by atoms with van der Waals surface area (Å²) in [6.45, 7) is 2.13. The van der Waals surface area contributed by atoms with Crippen molar-refractivity contribution in [3.8, 4) is 0 Å².